The van der Waals surface area contributed by atoms with E-state index in [1.807, 2.05) is 6.92 Å². The number of rotatable bonds is 4. The number of amides is 1. The first kappa shape index (κ1) is 15.0. The van der Waals surface area contributed by atoms with Gasteiger partial charge in [0.1, 0.15) is 11.6 Å². The zero-order chi connectivity index (χ0) is 16.4. The predicted molar refractivity (Wildman–Crippen MR) is 83.6 cm³/mol. The van der Waals surface area contributed by atoms with Crippen molar-refractivity contribution in [1.29, 1.82) is 0 Å². The Hall–Kier alpha value is -2.96. The van der Waals surface area contributed by atoms with Crippen molar-refractivity contribution < 1.29 is 9.18 Å². The molecule has 0 aliphatic heterocycles. The number of nitrogens with zero attached hydrogens (tertiary/aromatic N) is 4. The lowest BCUT2D eigenvalue weighted by atomic mass is 10.2. The summed E-state index contributed by atoms with van der Waals surface area (Å²) in [6.07, 6.45) is 3.33. The maximum absolute atomic E-state index is 13.8. The number of carbonyl (C=O) groups is 1. The topological polar surface area (TPSA) is 64.7 Å². The lowest BCUT2D eigenvalue weighted by Gasteiger charge is -2.10. The SMILES string of the molecule is Cc1cnn(Cc2ccccc2F)c1NC(=O)c1ccn(C)n1. The van der Waals surface area contributed by atoms with Crippen LogP contribution < -0.4 is 5.32 Å². The van der Waals surface area contributed by atoms with Gasteiger partial charge in [-0.25, -0.2) is 9.07 Å². The molecular formula is C16H16FN5O. The van der Waals surface area contributed by atoms with Crippen LogP contribution >= 0.6 is 0 Å². The molecule has 1 aromatic carbocycles. The first-order valence-electron chi connectivity index (χ1n) is 7.11. The minimum atomic E-state index is -0.330. The van der Waals surface area contributed by atoms with Gasteiger partial charge in [-0.2, -0.15) is 10.2 Å². The highest BCUT2D eigenvalue weighted by Crippen LogP contribution is 2.18. The van der Waals surface area contributed by atoms with Crippen LogP contribution in [0.3, 0.4) is 0 Å². The highest BCUT2D eigenvalue weighted by Gasteiger charge is 2.15. The van der Waals surface area contributed by atoms with E-state index in [0.717, 1.165) is 5.56 Å². The largest absolute Gasteiger partial charge is 0.305 e. The summed E-state index contributed by atoms with van der Waals surface area (Å²) in [5.41, 5.74) is 1.61. The van der Waals surface area contributed by atoms with E-state index in [-0.39, 0.29) is 18.3 Å². The minimum absolute atomic E-state index is 0.234. The van der Waals surface area contributed by atoms with Gasteiger partial charge in [-0.3, -0.25) is 9.48 Å². The molecule has 0 fully saturated rings. The molecule has 118 valence electrons. The van der Waals surface area contributed by atoms with Crippen LogP contribution in [0, 0.1) is 12.7 Å². The Bertz CT molecular complexity index is 852. The van der Waals surface area contributed by atoms with Crippen molar-refractivity contribution in [3.8, 4) is 0 Å². The van der Waals surface area contributed by atoms with Gasteiger partial charge in [-0.1, -0.05) is 18.2 Å². The van der Waals surface area contributed by atoms with E-state index in [2.05, 4.69) is 15.5 Å². The molecule has 0 saturated heterocycles. The molecular weight excluding hydrogens is 297 g/mol. The van der Waals surface area contributed by atoms with Crippen LogP contribution in [0.2, 0.25) is 0 Å². The quantitative estimate of drug-likeness (QED) is 0.804. The number of anilines is 1. The molecule has 7 heteroatoms. The van der Waals surface area contributed by atoms with Gasteiger partial charge >= 0.3 is 0 Å². The molecule has 0 spiro atoms. The van der Waals surface area contributed by atoms with E-state index in [4.69, 9.17) is 0 Å². The fourth-order valence-corrected chi connectivity index (χ4v) is 2.26. The number of nitrogens with one attached hydrogen (secondary N) is 1. The number of aryl methyl sites for hydroxylation is 2. The van der Waals surface area contributed by atoms with E-state index < -0.39 is 0 Å². The van der Waals surface area contributed by atoms with Crippen molar-refractivity contribution in [3.63, 3.8) is 0 Å². The molecule has 0 atom stereocenters. The van der Waals surface area contributed by atoms with Gasteiger partial charge in [0.05, 0.1) is 12.7 Å². The molecule has 2 heterocycles. The van der Waals surface area contributed by atoms with Gasteiger partial charge < -0.3 is 5.32 Å². The second-order valence-corrected chi connectivity index (χ2v) is 5.25. The summed E-state index contributed by atoms with van der Waals surface area (Å²) in [5, 5.41) is 11.1. The van der Waals surface area contributed by atoms with E-state index in [1.54, 1.807) is 53.1 Å². The Morgan fingerprint density at radius 3 is 2.78 bits per heavy atom. The third kappa shape index (κ3) is 3.13. The Morgan fingerprint density at radius 2 is 2.09 bits per heavy atom. The molecule has 3 aromatic rings. The average Bonchev–Trinajstić information content (AvgIpc) is 3.10. The van der Waals surface area contributed by atoms with Crippen molar-refractivity contribution in [2.24, 2.45) is 7.05 Å². The van der Waals surface area contributed by atoms with Crippen LogP contribution in [-0.4, -0.2) is 25.5 Å². The van der Waals surface area contributed by atoms with E-state index >= 15 is 0 Å². The summed E-state index contributed by atoms with van der Waals surface area (Å²) in [5.74, 6) is -0.101. The summed E-state index contributed by atoms with van der Waals surface area (Å²) in [6.45, 7) is 2.07. The molecule has 0 bridgehead atoms. The van der Waals surface area contributed by atoms with Crippen LogP contribution in [0.1, 0.15) is 21.6 Å². The summed E-state index contributed by atoms with van der Waals surface area (Å²) < 4.78 is 16.9. The first-order chi connectivity index (χ1) is 11.0. The molecule has 0 aliphatic carbocycles. The molecule has 23 heavy (non-hydrogen) atoms. The summed E-state index contributed by atoms with van der Waals surface area (Å²) in [7, 11) is 1.74. The average molecular weight is 313 g/mol. The van der Waals surface area contributed by atoms with Gasteiger partial charge in [-0.15, -0.1) is 0 Å². The monoisotopic (exact) mass is 313 g/mol. The molecule has 0 saturated carbocycles. The normalized spacial score (nSPS) is 10.7. The fraction of sp³-hybridized carbons (Fsp3) is 0.188. The minimum Gasteiger partial charge on any atom is -0.305 e. The number of hydrogen-bond acceptors (Lipinski definition) is 3. The Kier molecular flexibility index (Phi) is 3.92. The second kappa shape index (κ2) is 6.04. The van der Waals surface area contributed by atoms with Crippen molar-refractivity contribution in [2.75, 3.05) is 5.32 Å². The maximum Gasteiger partial charge on any atom is 0.277 e. The number of halogens is 1. The number of aromatic nitrogens is 4. The second-order valence-electron chi connectivity index (χ2n) is 5.25. The van der Waals surface area contributed by atoms with Gasteiger partial charge in [0.2, 0.25) is 0 Å². The highest BCUT2D eigenvalue weighted by molar-refractivity contribution is 6.02. The van der Waals surface area contributed by atoms with Crippen molar-refractivity contribution in [2.45, 2.75) is 13.5 Å². The molecule has 2 aromatic heterocycles. The molecule has 1 amide bonds. The third-order valence-corrected chi connectivity index (χ3v) is 3.48. The van der Waals surface area contributed by atoms with E-state index in [0.29, 0.717) is 17.1 Å². The molecule has 0 radical (unpaired) electrons. The molecule has 0 unspecified atom stereocenters. The van der Waals surface area contributed by atoms with Gasteiger partial charge in [0, 0.05) is 24.4 Å². The predicted octanol–water partition coefficient (Wildman–Crippen LogP) is 2.36. The van der Waals surface area contributed by atoms with Crippen molar-refractivity contribution >= 4 is 11.7 Å². The Morgan fingerprint density at radius 1 is 1.30 bits per heavy atom. The van der Waals surface area contributed by atoms with E-state index in [9.17, 15) is 9.18 Å². The molecule has 1 N–H and O–H groups in total. The lowest BCUT2D eigenvalue weighted by Crippen LogP contribution is -2.18. The Balaban J connectivity index is 1.84. The lowest BCUT2D eigenvalue weighted by molar-refractivity contribution is 0.102. The fourth-order valence-electron chi connectivity index (χ4n) is 2.26. The zero-order valence-corrected chi connectivity index (χ0v) is 12.8. The van der Waals surface area contributed by atoms with Crippen molar-refractivity contribution in [1.82, 2.24) is 19.6 Å². The van der Waals surface area contributed by atoms with Crippen LogP contribution in [0.15, 0.2) is 42.7 Å². The third-order valence-electron chi connectivity index (χ3n) is 3.48. The summed E-state index contributed by atoms with van der Waals surface area (Å²) in [6, 6.07) is 8.12. The van der Waals surface area contributed by atoms with Crippen LogP contribution in [0.25, 0.3) is 0 Å². The number of carbonyl (C=O) groups excluding carboxylic acids is 1. The number of benzene rings is 1. The van der Waals surface area contributed by atoms with Gasteiger partial charge in [-0.05, 0) is 19.1 Å². The summed E-state index contributed by atoms with van der Waals surface area (Å²) in [4.78, 5) is 12.2. The highest BCUT2D eigenvalue weighted by atomic mass is 19.1. The molecule has 6 nitrogen and oxygen atoms in total. The van der Waals surface area contributed by atoms with Crippen molar-refractivity contribution in [3.05, 3.63) is 65.4 Å². The van der Waals surface area contributed by atoms with Crippen LogP contribution in [-0.2, 0) is 13.6 Å². The maximum atomic E-state index is 13.8. The smallest absolute Gasteiger partial charge is 0.277 e. The summed E-state index contributed by atoms with van der Waals surface area (Å²) >= 11 is 0. The molecule has 0 aliphatic rings. The van der Waals surface area contributed by atoms with Crippen LogP contribution in [0.5, 0.6) is 0 Å². The standard InChI is InChI=1S/C16H16FN5O/c1-11-9-18-22(10-12-5-3-4-6-13(12)17)15(11)19-16(23)14-7-8-21(2)20-14/h3-9H,10H2,1-2H3,(H,19,23). The van der Waals surface area contributed by atoms with Gasteiger partial charge in [0.25, 0.3) is 5.91 Å². The molecule has 3 rings (SSSR count). The van der Waals surface area contributed by atoms with Crippen LogP contribution in [0.4, 0.5) is 10.2 Å². The first-order valence-corrected chi connectivity index (χ1v) is 7.11. The van der Waals surface area contributed by atoms with E-state index in [1.165, 1.54) is 6.07 Å². The zero-order valence-electron chi connectivity index (χ0n) is 12.8. The number of hydrogen-bond donors (Lipinski definition) is 1. The van der Waals surface area contributed by atoms with Gasteiger partial charge in [0.15, 0.2) is 5.69 Å². The Labute approximate surface area is 132 Å².